The molecule has 0 radical (unpaired) electrons. The molecule has 1 fully saturated rings. The Morgan fingerprint density at radius 1 is 1.21 bits per heavy atom. The molecule has 0 spiro atoms. The molecular formula is C12H12N2O4S. The molecule has 1 aromatic carbocycles. The van der Waals surface area contributed by atoms with Gasteiger partial charge in [0.15, 0.2) is 11.5 Å². The number of amides is 2. The first kappa shape index (κ1) is 12.2. The van der Waals surface area contributed by atoms with Crippen LogP contribution in [0.15, 0.2) is 12.1 Å². The summed E-state index contributed by atoms with van der Waals surface area (Å²) in [7, 11) is 0. The van der Waals surface area contributed by atoms with Crippen molar-refractivity contribution in [3.05, 3.63) is 17.7 Å². The average molecular weight is 280 g/mol. The van der Waals surface area contributed by atoms with Gasteiger partial charge in [-0.05, 0) is 11.6 Å². The second kappa shape index (κ2) is 4.65. The van der Waals surface area contributed by atoms with Gasteiger partial charge in [0.2, 0.25) is 5.91 Å². The molecule has 3 rings (SSSR count). The second-order valence-corrected chi connectivity index (χ2v) is 5.16. The van der Waals surface area contributed by atoms with Crippen LogP contribution in [0.25, 0.3) is 0 Å². The summed E-state index contributed by atoms with van der Waals surface area (Å²) in [5.41, 5.74) is 7.10. The van der Waals surface area contributed by atoms with E-state index in [-0.39, 0.29) is 23.4 Å². The molecule has 1 saturated heterocycles. The van der Waals surface area contributed by atoms with Crippen LogP contribution >= 0.6 is 11.8 Å². The van der Waals surface area contributed by atoms with Gasteiger partial charge in [-0.25, -0.2) is 0 Å². The normalized spacial score (nSPS) is 18.0. The summed E-state index contributed by atoms with van der Waals surface area (Å²) in [6.45, 7) is 1.15. The van der Waals surface area contributed by atoms with Gasteiger partial charge in [-0.15, -0.1) is 0 Å². The highest BCUT2D eigenvalue weighted by atomic mass is 32.2. The Kier molecular flexibility index (Phi) is 2.98. The third-order valence-electron chi connectivity index (χ3n) is 2.97. The third-order valence-corrected chi connectivity index (χ3v) is 3.83. The number of carbonyl (C=O) groups is 2. The minimum Gasteiger partial charge on any atom is -0.486 e. The summed E-state index contributed by atoms with van der Waals surface area (Å²) in [5, 5.41) is -0.237. The van der Waals surface area contributed by atoms with E-state index < -0.39 is 0 Å². The van der Waals surface area contributed by atoms with E-state index in [0.29, 0.717) is 36.0 Å². The quantitative estimate of drug-likeness (QED) is 0.821. The van der Waals surface area contributed by atoms with Gasteiger partial charge in [0.1, 0.15) is 13.2 Å². The van der Waals surface area contributed by atoms with E-state index in [9.17, 15) is 9.59 Å². The van der Waals surface area contributed by atoms with E-state index in [0.717, 1.165) is 11.8 Å². The molecular weight excluding hydrogens is 268 g/mol. The maximum absolute atomic E-state index is 11.6. The SMILES string of the molecule is Nc1cc2c(cc1CN1C(=O)CSC1=O)OCCO2. The zero-order valence-corrected chi connectivity index (χ0v) is 10.9. The smallest absolute Gasteiger partial charge is 0.289 e. The second-order valence-electron chi connectivity index (χ2n) is 4.23. The Labute approximate surface area is 113 Å². The van der Waals surface area contributed by atoms with Gasteiger partial charge in [0.05, 0.1) is 12.3 Å². The van der Waals surface area contributed by atoms with E-state index in [4.69, 9.17) is 15.2 Å². The van der Waals surface area contributed by atoms with Crippen LogP contribution in [-0.4, -0.2) is 35.0 Å². The van der Waals surface area contributed by atoms with Crippen LogP contribution in [0, 0.1) is 0 Å². The molecule has 7 heteroatoms. The van der Waals surface area contributed by atoms with Gasteiger partial charge in [-0.1, -0.05) is 11.8 Å². The lowest BCUT2D eigenvalue weighted by atomic mass is 10.1. The molecule has 19 heavy (non-hydrogen) atoms. The van der Waals surface area contributed by atoms with E-state index in [2.05, 4.69) is 0 Å². The van der Waals surface area contributed by atoms with Gasteiger partial charge < -0.3 is 15.2 Å². The molecule has 2 N–H and O–H groups in total. The van der Waals surface area contributed by atoms with Crippen molar-refractivity contribution >= 4 is 28.6 Å². The number of benzene rings is 1. The maximum atomic E-state index is 11.6. The Hall–Kier alpha value is -1.89. The number of fused-ring (bicyclic) bond motifs is 1. The fourth-order valence-electron chi connectivity index (χ4n) is 1.99. The molecule has 0 aliphatic carbocycles. The van der Waals surface area contributed by atoms with Gasteiger partial charge in [0, 0.05) is 11.8 Å². The van der Waals surface area contributed by atoms with Crippen molar-refractivity contribution < 1.29 is 19.1 Å². The van der Waals surface area contributed by atoms with Gasteiger partial charge in [0.25, 0.3) is 5.24 Å². The van der Waals surface area contributed by atoms with Crippen molar-refractivity contribution in [1.82, 2.24) is 4.90 Å². The Morgan fingerprint density at radius 3 is 2.53 bits per heavy atom. The monoisotopic (exact) mass is 280 g/mol. The van der Waals surface area contributed by atoms with Gasteiger partial charge in [-0.3, -0.25) is 14.5 Å². The number of imide groups is 1. The summed E-state index contributed by atoms with van der Waals surface area (Å²) < 4.78 is 10.9. The fraction of sp³-hybridized carbons (Fsp3) is 0.333. The number of carbonyl (C=O) groups excluding carboxylic acids is 2. The topological polar surface area (TPSA) is 81.9 Å². The summed E-state index contributed by atoms with van der Waals surface area (Å²) >= 11 is 1.01. The van der Waals surface area contributed by atoms with E-state index in [1.807, 2.05) is 0 Å². The highest BCUT2D eigenvalue weighted by Crippen LogP contribution is 2.35. The Balaban J connectivity index is 1.88. The number of nitrogens with two attached hydrogens (primary N) is 1. The van der Waals surface area contributed by atoms with E-state index in [1.165, 1.54) is 4.90 Å². The molecule has 6 nitrogen and oxygen atoms in total. The number of nitrogens with zero attached hydrogens (tertiary/aromatic N) is 1. The van der Waals surface area contributed by atoms with Crippen LogP contribution in [0.4, 0.5) is 10.5 Å². The zero-order valence-electron chi connectivity index (χ0n) is 10.0. The van der Waals surface area contributed by atoms with Crippen LogP contribution < -0.4 is 15.2 Å². The van der Waals surface area contributed by atoms with Crippen molar-refractivity contribution in [2.45, 2.75) is 6.54 Å². The first-order chi connectivity index (χ1) is 9.15. The van der Waals surface area contributed by atoms with Crippen molar-refractivity contribution in [2.24, 2.45) is 0 Å². The largest absolute Gasteiger partial charge is 0.486 e. The number of nitrogen functional groups attached to an aromatic ring is 1. The zero-order chi connectivity index (χ0) is 13.4. The van der Waals surface area contributed by atoms with Crippen molar-refractivity contribution in [3.63, 3.8) is 0 Å². The summed E-state index contributed by atoms with van der Waals surface area (Å²) in [5.74, 6) is 1.20. The van der Waals surface area contributed by atoms with Crippen LogP contribution in [0.5, 0.6) is 11.5 Å². The molecule has 1 aromatic rings. The lowest BCUT2D eigenvalue weighted by molar-refractivity contribution is -0.125. The molecule has 0 bridgehead atoms. The lowest BCUT2D eigenvalue weighted by Gasteiger charge is -2.21. The standard InChI is InChI=1S/C12H12N2O4S/c13-8-4-10-9(17-1-2-18-10)3-7(8)5-14-11(15)6-19-12(14)16/h3-4H,1-2,5-6,13H2. The minimum absolute atomic E-state index is 0.174. The van der Waals surface area contributed by atoms with Crippen LogP contribution in [0.3, 0.4) is 0 Å². The molecule has 100 valence electrons. The van der Waals surface area contributed by atoms with Gasteiger partial charge in [-0.2, -0.15) is 0 Å². The first-order valence-electron chi connectivity index (χ1n) is 5.80. The predicted molar refractivity (Wildman–Crippen MR) is 70.2 cm³/mol. The molecule has 2 heterocycles. The van der Waals surface area contributed by atoms with Crippen molar-refractivity contribution in [3.8, 4) is 11.5 Å². The average Bonchev–Trinajstić information content (AvgIpc) is 2.71. The predicted octanol–water partition coefficient (Wildman–Crippen LogP) is 1.24. The number of ether oxygens (including phenoxy) is 2. The molecule has 0 aromatic heterocycles. The van der Waals surface area contributed by atoms with Crippen LogP contribution in [0.2, 0.25) is 0 Å². The molecule has 2 aliphatic heterocycles. The molecule has 0 atom stereocenters. The van der Waals surface area contributed by atoms with E-state index >= 15 is 0 Å². The number of hydrogen-bond acceptors (Lipinski definition) is 6. The highest BCUT2D eigenvalue weighted by molar-refractivity contribution is 8.14. The molecule has 0 saturated carbocycles. The summed E-state index contributed by atoms with van der Waals surface area (Å²) in [6, 6.07) is 3.40. The number of thioether (sulfide) groups is 1. The number of anilines is 1. The maximum Gasteiger partial charge on any atom is 0.289 e. The Morgan fingerprint density at radius 2 is 1.89 bits per heavy atom. The number of rotatable bonds is 2. The number of hydrogen-bond donors (Lipinski definition) is 1. The van der Waals surface area contributed by atoms with Gasteiger partial charge >= 0.3 is 0 Å². The fourth-order valence-corrected chi connectivity index (χ4v) is 2.71. The molecule has 0 unspecified atom stereocenters. The molecule has 2 aliphatic rings. The third kappa shape index (κ3) is 2.21. The highest BCUT2D eigenvalue weighted by Gasteiger charge is 2.30. The van der Waals surface area contributed by atoms with Crippen molar-refractivity contribution in [1.29, 1.82) is 0 Å². The van der Waals surface area contributed by atoms with Crippen molar-refractivity contribution in [2.75, 3.05) is 24.7 Å². The summed E-state index contributed by atoms with van der Waals surface area (Å²) in [6.07, 6.45) is 0. The van der Waals surface area contributed by atoms with Crippen LogP contribution in [-0.2, 0) is 11.3 Å². The minimum atomic E-state index is -0.237. The lowest BCUT2D eigenvalue weighted by Crippen LogP contribution is -2.28. The Bertz CT molecular complexity index is 545. The summed E-state index contributed by atoms with van der Waals surface area (Å²) in [4.78, 5) is 24.3. The van der Waals surface area contributed by atoms with E-state index in [1.54, 1.807) is 12.1 Å². The molecule has 2 amide bonds. The first-order valence-corrected chi connectivity index (χ1v) is 6.79. The van der Waals surface area contributed by atoms with Crippen LogP contribution in [0.1, 0.15) is 5.56 Å².